The zero-order valence-corrected chi connectivity index (χ0v) is 16.2. The predicted octanol–water partition coefficient (Wildman–Crippen LogP) is 6.66. The average Bonchev–Trinajstić information content (AvgIpc) is 2.54. The maximum Gasteiger partial charge on any atom is 0.0458 e. The number of nitrogens with zero attached hydrogens (tertiary/aromatic N) is 2. The van der Waals surface area contributed by atoms with Crippen LogP contribution in [0.4, 0.5) is 5.69 Å². The van der Waals surface area contributed by atoms with Gasteiger partial charge in [0, 0.05) is 28.5 Å². The second kappa shape index (κ2) is 9.92. The molecular weight excluding hydrogens is 292 g/mol. The molecule has 0 aliphatic rings. The summed E-state index contributed by atoms with van der Waals surface area (Å²) in [6.45, 7) is 16.7. The maximum atomic E-state index is 4.55. The lowest BCUT2D eigenvalue weighted by Crippen LogP contribution is -2.20. The van der Waals surface area contributed by atoms with E-state index in [2.05, 4.69) is 73.7 Å². The summed E-state index contributed by atoms with van der Waals surface area (Å²) < 4.78 is 0. The normalized spacial score (nSPS) is 12.1. The molecule has 0 N–H and O–H groups in total. The van der Waals surface area contributed by atoms with Gasteiger partial charge in [0.15, 0.2) is 0 Å². The standard InChI is InChI=1S/C22H32N2/c1-8-11-20-12-14-22(15-13-20)24(19(7)9-2)21(10-3)16-18(6)23-17(4)5/h10,12-16H,7-9,11H2,1-6H3/b18-16-,21-10-. The van der Waals surface area contributed by atoms with E-state index in [1.54, 1.807) is 0 Å². The molecule has 130 valence electrons. The molecule has 1 rings (SSSR count). The summed E-state index contributed by atoms with van der Waals surface area (Å²) in [5.41, 5.74) is 6.77. The molecule has 0 radical (unpaired) electrons. The molecule has 0 bridgehead atoms. The van der Waals surface area contributed by atoms with Gasteiger partial charge in [0.05, 0.1) is 0 Å². The van der Waals surface area contributed by atoms with Crippen molar-refractivity contribution in [2.24, 2.45) is 4.99 Å². The summed E-state index contributed by atoms with van der Waals surface area (Å²) in [5.74, 6) is 0. The van der Waals surface area contributed by atoms with Crippen molar-refractivity contribution >= 4 is 11.4 Å². The van der Waals surface area contributed by atoms with Gasteiger partial charge in [-0.25, -0.2) is 0 Å². The Bertz CT molecular complexity index is 626. The first-order chi connectivity index (χ1) is 11.4. The zero-order chi connectivity index (χ0) is 18.1. The molecule has 0 unspecified atom stereocenters. The van der Waals surface area contributed by atoms with Gasteiger partial charge in [0.25, 0.3) is 0 Å². The van der Waals surface area contributed by atoms with Gasteiger partial charge in [0.2, 0.25) is 0 Å². The average molecular weight is 325 g/mol. The van der Waals surface area contributed by atoms with Crippen molar-refractivity contribution in [3.8, 4) is 0 Å². The number of anilines is 1. The summed E-state index contributed by atoms with van der Waals surface area (Å²) in [5, 5.41) is 0. The summed E-state index contributed by atoms with van der Waals surface area (Å²) in [6.07, 6.45) is 7.42. The summed E-state index contributed by atoms with van der Waals surface area (Å²) in [7, 11) is 0. The van der Waals surface area contributed by atoms with Crippen LogP contribution in [0.1, 0.15) is 59.9 Å². The fraction of sp³-hybridized carbons (Fsp3) is 0.409. The minimum absolute atomic E-state index is 0.900. The number of aryl methyl sites for hydroxylation is 1. The Morgan fingerprint density at radius 1 is 1.12 bits per heavy atom. The molecule has 1 aromatic rings. The molecule has 0 saturated heterocycles. The molecule has 1 aromatic carbocycles. The monoisotopic (exact) mass is 324 g/mol. The topological polar surface area (TPSA) is 15.6 Å². The van der Waals surface area contributed by atoms with Crippen LogP contribution in [0.15, 0.2) is 65.1 Å². The van der Waals surface area contributed by atoms with Crippen molar-refractivity contribution in [2.45, 2.75) is 60.8 Å². The molecule has 0 aliphatic carbocycles. The molecule has 2 nitrogen and oxygen atoms in total. The van der Waals surface area contributed by atoms with E-state index in [1.807, 2.05) is 20.8 Å². The van der Waals surface area contributed by atoms with Gasteiger partial charge in [-0.1, -0.05) is 45.1 Å². The van der Waals surface area contributed by atoms with E-state index in [-0.39, 0.29) is 0 Å². The van der Waals surface area contributed by atoms with Crippen LogP contribution in [0, 0.1) is 0 Å². The van der Waals surface area contributed by atoms with Gasteiger partial charge in [-0.3, -0.25) is 4.99 Å². The van der Waals surface area contributed by atoms with Crippen molar-refractivity contribution in [3.63, 3.8) is 0 Å². The molecule has 0 aliphatic heterocycles. The lowest BCUT2D eigenvalue weighted by molar-refractivity contribution is 0.920. The molecular formula is C22H32N2. The second-order valence-electron chi connectivity index (χ2n) is 6.23. The van der Waals surface area contributed by atoms with Crippen LogP contribution in [0.5, 0.6) is 0 Å². The lowest BCUT2D eigenvalue weighted by atomic mass is 10.1. The lowest BCUT2D eigenvalue weighted by Gasteiger charge is -2.28. The van der Waals surface area contributed by atoms with Crippen molar-refractivity contribution in [2.75, 3.05) is 4.90 Å². The van der Waals surface area contributed by atoms with Gasteiger partial charge in [-0.05, 0) is 64.3 Å². The molecule has 0 spiro atoms. The molecule has 2 heteroatoms. The highest BCUT2D eigenvalue weighted by Crippen LogP contribution is 2.27. The maximum absolute atomic E-state index is 4.55. The van der Waals surface area contributed by atoms with Crippen LogP contribution in [0.2, 0.25) is 0 Å². The molecule has 0 saturated carbocycles. The Morgan fingerprint density at radius 3 is 2.21 bits per heavy atom. The first kappa shape index (κ1) is 20.0. The molecule has 24 heavy (non-hydrogen) atoms. The Hall–Kier alpha value is -2.09. The van der Waals surface area contributed by atoms with E-state index in [4.69, 9.17) is 0 Å². The number of rotatable bonds is 8. The van der Waals surface area contributed by atoms with E-state index in [9.17, 15) is 0 Å². The van der Waals surface area contributed by atoms with E-state index >= 15 is 0 Å². The Morgan fingerprint density at radius 2 is 1.75 bits per heavy atom. The Balaban J connectivity index is 3.25. The SMILES string of the molecule is C=C(CC)N(C(/C=C(/C)N=C(C)C)=C\C)c1ccc(CCC)cc1. The Labute approximate surface area is 148 Å². The fourth-order valence-corrected chi connectivity index (χ4v) is 2.65. The van der Waals surface area contributed by atoms with Gasteiger partial charge in [-0.2, -0.15) is 0 Å². The van der Waals surface area contributed by atoms with E-state index < -0.39 is 0 Å². The number of hydrogen-bond donors (Lipinski definition) is 0. The third-order valence-corrected chi connectivity index (χ3v) is 3.77. The molecule has 0 heterocycles. The summed E-state index contributed by atoms with van der Waals surface area (Å²) in [4.78, 5) is 6.77. The third-order valence-electron chi connectivity index (χ3n) is 3.77. The Kier molecular flexibility index (Phi) is 8.25. The second-order valence-corrected chi connectivity index (χ2v) is 6.23. The van der Waals surface area contributed by atoms with Crippen molar-refractivity contribution in [1.82, 2.24) is 0 Å². The highest BCUT2D eigenvalue weighted by molar-refractivity contribution is 5.80. The van der Waals surface area contributed by atoms with Gasteiger partial charge < -0.3 is 4.90 Å². The highest BCUT2D eigenvalue weighted by Gasteiger charge is 2.13. The number of aliphatic imine (C=N–C) groups is 1. The van der Waals surface area contributed by atoms with Crippen LogP contribution >= 0.6 is 0 Å². The van der Waals surface area contributed by atoms with Crippen LogP contribution in [-0.2, 0) is 6.42 Å². The van der Waals surface area contributed by atoms with Crippen LogP contribution in [-0.4, -0.2) is 5.71 Å². The number of allylic oxidation sites excluding steroid dienone is 4. The molecule has 0 fully saturated rings. The van der Waals surface area contributed by atoms with Crippen LogP contribution in [0.25, 0.3) is 0 Å². The van der Waals surface area contributed by atoms with Crippen molar-refractivity contribution in [1.29, 1.82) is 0 Å². The zero-order valence-electron chi connectivity index (χ0n) is 16.2. The molecule has 0 aromatic heterocycles. The highest BCUT2D eigenvalue weighted by atomic mass is 15.1. The van der Waals surface area contributed by atoms with E-state index in [1.165, 1.54) is 12.0 Å². The van der Waals surface area contributed by atoms with E-state index in [0.29, 0.717) is 0 Å². The van der Waals surface area contributed by atoms with Crippen molar-refractivity contribution in [3.05, 3.63) is 65.7 Å². The number of benzene rings is 1. The minimum Gasteiger partial charge on any atom is -0.315 e. The van der Waals surface area contributed by atoms with Crippen molar-refractivity contribution < 1.29 is 0 Å². The van der Waals surface area contributed by atoms with Gasteiger partial charge in [0.1, 0.15) is 0 Å². The fourth-order valence-electron chi connectivity index (χ4n) is 2.65. The summed E-state index contributed by atoms with van der Waals surface area (Å²) >= 11 is 0. The van der Waals surface area contributed by atoms with Crippen LogP contribution in [0.3, 0.4) is 0 Å². The molecule has 0 amide bonds. The van der Waals surface area contributed by atoms with Gasteiger partial charge in [-0.15, -0.1) is 0 Å². The number of hydrogen-bond acceptors (Lipinski definition) is 2. The molecule has 0 atom stereocenters. The summed E-state index contributed by atoms with van der Waals surface area (Å²) in [6, 6.07) is 8.81. The minimum atomic E-state index is 0.900. The first-order valence-electron chi connectivity index (χ1n) is 8.86. The quantitative estimate of drug-likeness (QED) is 0.386. The van der Waals surface area contributed by atoms with Crippen LogP contribution < -0.4 is 4.90 Å². The van der Waals surface area contributed by atoms with Gasteiger partial charge >= 0.3 is 0 Å². The van der Waals surface area contributed by atoms with E-state index in [0.717, 1.165) is 41.3 Å². The largest absolute Gasteiger partial charge is 0.315 e. The predicted molar refractivity (Wildman–Crippen MR) is 109 cm³/mol. The smallest absolute Gasteiger partial charge is 0.0458 e. The third kappa shape index (κ3) is 5.84. The first-order valence-corrected chi connectivity index (χ1v) is 8.86.